The molecule has 0 aliphatic heterocycles. The number of thioether (sulfide) groups is 1. The predicted molar refractivity (Wildman–Crippen MR) is 109 cm³/mol. The topological polar surface area (TPSA) is 159 Å². The third-order valence-corrected chi connectivity index (χ3v) is 4.78. The van der Waals surface area contributed by atoms with Crippen molar-refractivity contribution in [2.45, 2.75) is 43.8 Å². The fraction of sp³-hybridized carbons (Fsp3) is 0.474. The molecule has 0 radical (unpaired) electrons. The number of aliphatic carboxylic acids is 2. The van der Waals surface area contributed by atoms with Gasteiger partial charge in [0.2, 0.25) is 11.8 Å². The van der Waals surface area contributed by atoms with Crippen LogP contribution in [0.3, 0.4) is 0 Å². The van der Waals surface area contributed by atoms with E-state index in [0.717, 1.165) is 5.56 Å². The molecule has 0 fully saturated rings. The zero-order chi connectivity index (χ0) is 21.8. The van der Waals surface area contributed by atoms with Crippen LogP contribution >= 0.6 is 11.8 Å². The van der Waals surface area contributed by atoms with Gasteiger partial charge in [0, 0.05) is 6.42 Å². The number of nitrogens with one attached hydrogen (secondary N) is 2. The smallest absolute Gasteiger partial charge is 0.326 e. The van der Waals surface area contributed by atoms with Gasteiger partial charge in [0.15, 0.2) is 0 Å². The van der Waals surface area contributed by atoms with Crippen LogP contribution in [-0.2, 0) is 25.6 Å². The summed E-state index contributed by atoms with van der Waals surface area (Å²) in [6.07, 6.45) is 1.75. The van der Waals surface area contributed by atoms with Gasteiger partial charge in [-0.05, 0) is 36.8 Å². The number of amides is 2. The normalized spacial score (nSPS) is 13.7. The first-order valence-electron chi connectivity index (χ1n) is 9.08. The van der Waals surface area contributed by atoms with Crippen molar-refractivity contribution in [2.75, 3.05) is 12.0 Å². The second-order valence-electron chi connectivity index (χ2n) is 6.47. The average Bonchev–Trinajstić information content (AvgIpc) is 2.68. The highest BCUT2D eigenvalue weighted by molar-refractivity contribution is 7.98. The van der Waals surface area contributed by atoms with Gasteiger partial charge in [-0.25, -0.2) is 4.79 Å². The molecule has 0 saturated carbocycles. The standard InChI is InChI=1S/C19H27N3O6S/c1-29-10-9-14(18(26)22-15(19(27)28)7-8-16(23)24)21-17(25)13(20)11-12-5-3-2-4-6-12/h2-6,13-15H,7-11,20H2,1H3,(H,21,25)(H,22,26)(H,23,24)(H,27,28)/t13-,14-,15-/m0/s1. The van der Waals surface area contributed by atoms with Crippen LogP contribution in [0.5, 0.6) is 0 Å². The summed E-state index contributed by atoms with van der Waals surface area (Å²) < 4.78 is 0. The maximum atomic E-state index is 12.5. The Morgan fingerprint density at radius 1 is 1.00 bits per heavy atom. The fourth-order valence-electron chi connectivity index (χ4n) is 2.54. The van der Waals surface area contributed by atoms with Crippen molar-refractivity contribution >= 4 is 35.5 Å². The molecule has 0 heterocycles. The summed E-state index contributed by atoms with van der Waals surface area (Å²) in [5, 5.41) is 22.8. The number of carboxylic acid groups (broad SMARTS) is 2. The van der Waals surface area contributed by atoms with Gasteiger partial charge in [0.25, 0.3) is 0 Å². The van der Waals surface area contributed by atoms with Gasteiger partial charge in [-0.2, -0.15) is 11.8 Å². The molecule has 160 valence electrons. The lowest BCUT2D eigenvalue weighted by atomic mass is 10.1. The SMILES string of the molecule is CSCC[C@H](NC(=O)[C@@H](N)Cc1ccccc1)C(=O)N[C@@H](CCC(=O)O)C(=O)O. The van der Waals surface area contributed by atoms with E-state index in [1.165, 1.54) is 11.8 Å². The molecule has 0 aromatic heterocycles. The number of carbonyl (C=O) groups excluding carboxylic acids is 2. The number of benzene rings is 1. The molecular weight excluding hydrogens is 398 g/mol. The van der Waals surface area contributed by atoms with E-state index in [4.69, 9.17) is 10.8 Å². The molecule has 9 nitrogen and oxygen atoms in total. The Balaban J connectivity index is 2.75. The Hall–Kier alpha value is -2.59. The Kier molecular flexibility index (Phi) is 10.8. The first-order valence-corrected chi connectivity index (χ1v) is 10.5. The van der Waals surface area contributed by atoms with Crippen LogP contribution in [0.4, 0.5) is 0 Å². The molecule has 2 amide bonds. The fourth-order valence-corrected chi connectivity index (χ4v) is 3.01. The second kappa shape index (κ2) is 12.8. The first kappa shape index (κ1) is 24.4. The van der Waals surface area contributed by atoms with Gasteiger partial charge in [0.1, 0.15) is 12.1 Å². The minimum Gasteiger partial charge on any atom is -0.481 e. The molecule has 0 unspecified atom stereocenters. The molecule has 1 aromatic rings. The summed E-state index contributed by atoms with van der Waals surface area (Å²) in [7, 11) is 0. The number of carboxylic acids is 2. The molecule has 0 aliphatic carbocycles. The van der Waals surface area contributed by atoms with Crippen LogP contribution in [0.2, 0.25) is 0 Å². The second-order valence-corrected chi connectivity index (χ2v) is 7.46. The minimum atomic E-state index is -1.36. The third-order valence-electron chi connectivity index (χ3n) is 4.14. The van der Waals surface area contributed by atoms with E-state index >= 15 is 0 Å². The van der Waals surface area contributed by atoms with E-state index in [1.807, 2.05) is 36.6 Å². The monoisotopic (exact) mass is 425 g/mol. The molecule has 0 saturated heterocycles. The van der Waals surface area contributed by atoms with Crippen molar-refractivity contribution < 1.29 is 29.4 Å². The maximum Gasteiger partial charge on any atom is 0.326 e. The molecule has 1 rings (SSSR count). The van der Waals surface area contributed by atoms with Crippen LogP contribution in [0.15, 0.2) is 30.3 Å². The predicted octanol–water partition coefficient (Wildman–Crippen LogP) is 0.229. The molecule has 1 aromatic carbocycles. The van der Waals surface area contributed by atoms with E-state index in [1.54, 1.807) is 0 Å². The van der Waals surface area contributed by atoms with Crippen LogP contribution in [0.25, 0.3) is 0 Å². The van der Waals surface area contributed by atoms with E-state index in [0.29, 0.717) is 12.2 Å². The Morgan fingerprint density at radius 2 is 1.62 bits per heavy atom. The van der Waals surface area contributed by atoms with Gasteiger partial charge < -0.3 is 26.6 Å². The van der Waals surface area contributed by atoms with Crippen molar-refractivity contribution in [3.8, 4) is 0 Å². The molecule has 0 spiro atoms. The van der Waals surface area contributed by atoms with Crippen molar-refractivity contribution in [2.24, 2.45) is 5.73 Å². The van der Waals surface area contributed by atoms with Crippen molar-refractivity contribution in [1.29, 1.82) is 0 Å². The van der Waals surface area contributed by atoms with Gasteiger partial charge in [-0.15, -0.1) is 0 Å². The number of carbonyl (C=O) groups is 4. The van der Waals surface area contributed by atoms with Crippen molar-refractivity contribution in [3.63, 3.8) is 0 Å². The van der Waals surface area contributed by atoms with Gasteiger partial charge >= 0.3 is 11.9 Å². The quantitative estimate of drug-likeness (QED) is 0.300. The van der Waals surface area contributed by atoms with E-state index in [-0.39, 0.29) is 12.8 Å². The van der Waals surface area contributed by atoms with Crippen LogP contribution in [0.1, 0.15) is 24.8 Å². The molecule has 10 heteroatoms. The Bertz CT molecular complexity index is 700. The highest BCUT2D eigenvalue weighted by atomic mass is 32.2. The highest BCUT2D eigenvalue weighted by Crippen LogP contribution is 2.06. The Labute approximate surface area is 173 Å². The van der Waals surface area contributed by atoms with Gasteiger partial charge in [-0.1, -0.05) is 30.3 Å². The summed E-state index contributed by atoms with van der Waals surface area (Å²) >= 11 is 1.47. The highest BCUT2D eigenvalue weighted by Gasteiger charge is 2.28. The Morgan fingerprint density at radius 3 is 2.17 bits per heavy atom. The molecular formula is C19H27N3O6S. The van der Waals surface area contributed by atoms with Gasteiger partial charge in [-0.3, -0.25) is 14.4 Å². The lowest BCUT2D eigenvalue weighted by molar-refractivity contribution is -0.143. The molecule has 0 aliphatic rings. The molecule has 3 atom stereocenters. The summed E-state index contributed by atoms with van der Waals surface area (Å²) in [5.41, 5.74) is 6.82. The van der Waals surface area contributed by atoms with Gasteiger partial charge in [0.05, 0.1) is 6.04 Å². The van der Waals surface area contributed by atoms with Crippen LogP contribution in [-0.4, -0.2) is 64.1 Å². The van der Waals surface area contributed by atoms with Crippen LogP contribution < -0.4 is 16.4 Å². The third kappa shape index (κ3) is 9.44. The van der Waals surface area contributed by atoms with Crippen molar-refractivity contribution in [1.82, 2.24) is 10.6 Å². The summed E-state index contributed by atoms with van der Waals surface area (Å²) in [4.78, 5) is 47.0. The zero-order valence-corrected chi connectivity index (χ0v) is 17.0. The summed E-state index contributed by atoms with van der Waals surface area (Å²) in [6.45, 7) is 0. The van der Waals surface area contributed by atoms with Crippen LogP contribution in [0, 0.1) is 0 Å². The summed E-state index contributed by atoms with van der Waals surface area (Å²) in [5.74, 6) is -3.15. The van der Waals surface area contributed by atoms with Crippen molar-refractivity contribution in [3.05, 3.63) is 35.9 Å². The number of hydrogen-bond donors (Lipinski definition) is 5. The number of hydrogen-bond acceptors (Lipinski definition) is 6. The van der Waals surface area contributed by atoms with E-state index < -0.39 is 48.3 Å². The minimum absolute atomic E-state index is 0.257. The lowest BCUT2D eigenvalue weighted by Crippen LogP contribution is -2.55. The number of nitrogens with two attached hydrogens (primary N) is 1. The molecule has 29 heavy (non-hydrogen) atoms. The lowest BCUT2D eigenvalue weighted by Gasteiger charge is -2.22. The first-order chi connectivity index (χ1) is 13.7. The molecule has 6 N–H and O–H groups in total. The largest absolute Gasteiger partial charge is 0.481 e. The zero-order valence-electron chi connectivity index (χ0n) is 16.2. The van der Waals surface area contributed by atoms with E-state index in [2.05, 4.69) is 10.6 Å². The number of rotatable bonds is 13. The average molecular weight is 426 g/mol. The summed E-state index contributed by atoms with van der Waals surface area (Å²) in [6, 6.07) is 5.99. The van der Waals surface area contributed by atoms with E-state index in [9.17, 15) is 24.3 Å². The maximum absolute atomic E-state index is 12.5. The molecule has 0 bridgehead atoms.